The van der Waals surface area contributed by atoms with Crippen LogP contribution >= 0.6 is 0 Å². The van der Waals surface area contributed by atoms with Crippen molar-refractivity contribution in [2.75, 3.05) is 19.8 Å². The van der Waals surface area contributed by atoms with E-state index in [0.717, 1.165) is 31.7 Å². The van der Waals surface area contributed by atoms with Crippen LogP contribution in [0, 0.1) is 11.8 Å². The average molecular weight is 647 g/mol. The van der Waals surface area contributed by atoms with Crippen LogP contribution in [0.4, 0.5) is 0 Å². The summed E-state index contributed by atoms with van der Waals surface area (Å²) in [7, 11) is -5.90. The summed E-state index contributed by atoms with van der Waals surface area (Å²) in [6.45, 7) is 41.7. The van der Waals surface area contributed by atoms with Crippen LogP contribution in [0.2, 0.25) is 78.6 Å². The van der Waals surface area contributed by atoms with Gasteiger partial charge in [-0.2, -0.15) is 0 Å². The van der Waals surface area contributed by atoms with Gasteiger partial charge in [-0.25, -0.2) is 0 Å². The van der Waals surface area contributed by atoms with Crippen molar-refractivity contribution < 1.29 is 33.0 Å². The second kappa shape index (κ2) is 23.0. The lowest BCUT2D eigenvalue weighted by Gasteiger charge is -2.25. The molecule has 0 aromatic carbocycles. The van der Waals surface area contributed by atoms with Crippen molar-refractivity contribution in [3.63, 3.8) is 0 Å². The van der Waals surface area contributed by atoms with E-state index in [1.807, 2.05) is 46.2 Å². The molecule has 2 rings (SSSR count). The molecule has 5 unspecified atom stereocenters. The van der Waals surface area contributed by atoms with E-state index in [0.29, 0.717) is 12.2 Å². The molecule has 0 aromatic heterocycles. The molecule has 248 valence electrons. The van der Waals surface area contributed by atoms with Gasteiger partial charge in [-0.05, 0) is 112 Å². The summed E-state index contributed by atoms with van der Waals surface area (Å²) in [5, 5.41) is 9.08. The fourth-order valence-electron chi connectivity index (χ4n) is 1.81. The zero-order valence-corrected chi connectivity index (χ0v) is 34.3. The summed E-state index contributed by atoms with van der Waals surface area (Å²) < 4.78 is 21.1. The molecule has 40 heavy (non-hydrogen) atoms. The number of aliphatic hydroxyl groups excluding tert-OH is 1. The first-order valence-electron chi connectivity index (χ1n) is 15.2. The predicted octanol–water partition coefficient (Wildman–Crippen LogP) is 7.56. The summed E-state index contributed by atoms with van der Waals surface area (Å²) in [5.41, 5.74) is 0. The Bertz CT molecular complexity index is 531. The Morgan fingerprint density at radius 3 is 1.12 bits per heavy atom. The first kappa shape index (κ1) is 47.5. The molecule has 2 heterocycles. The van der Waals surface area contributed by atoms with Gasteiger partial charge in [0, 0.05) is 12.5 Å². The van der Waals surface area contributed by atoms with Crippen LogP contribution in [0.3, 0.4) is 0 Å². The Morgan fingerprint density at radius 1 is 0.725 bits per heavy atom. The zero-order valence-electron chi connectivity index (χ0n) is 30.3. The van der Waals surface area contributed by atoms with Gasteiger partial charge in [-0.3, -0.25) is 0 Å². The topological polar surface area (TPSA) is 101 Å². The Labute approximate surface area is 255 Å². The van der Waals surface area contributed by atoms with E-state index < -0.39 is 33.3 Å². The first-order valence-corrected chi connectivity index (χ1v) is 28.9. The van der Waals surface area contributed by atoms with Crippen molar-refractivity contribution in [2.24, 2.45) is 11.8 Å². The van der Waals surface area contributed by atoms with Crippen LogP contribution in [0.1, 0.15) is 54.9 Å². The van der Waals surface area contributed by atoms with Gasteiger partial charge in [-0.1, -0.05) is 27.2 Å². The third kappa shape index (κ3) is 62.3. The molecule has 0 aromatic rings. The molecule has 0 radical (unpaired) electrons. The van der Waals surface area contributed by atoms with Gasteiger partial charge < -0.3 is 33.0 Å². The van der Waals surface area contributed by atoms with Crippen LogP contribution in [-0.2, 0) is 18.3 Å². The van der Waals surface area contributed by atoms with Crippen molar-refractivity contribution in [1.29, 1.82) is 0 Å². The van der Waals surface area contributed by atoms with Crippen molar-refractivity contribution in [3.8, 4) is 0 Å². The first-order chi connectivity index (χ1) is 17.5. The lowest BCUT2D eigenvalue weighted by atomic mass is 10.1. The summed E-state index contributed by atoms with van der Waals surface area (Å²) >= 11 is 0. The average Bonchev–Trinajstić information content (AvgIpc) is 3.33. The number of hydrogen-bond donors (Lipinski definition) is 3. The Hall–Kier alpha value is 0.588. The lowest BCUT2D eigenvalue weighted by molar-refractivity contribution is -0.0221. The minimum absolute atomic E-state index is 0.0216. The van der Waals surface area contributed by atoms with Crippen LogP contribution in [0.5, 0.6) is 0 Å². The molecular formula is C29H74O7Si4. The summed E-state index contributed by atoms with van der Waals surface area (Å²) in [6, 6.07) is 0. The Morgan fingerprint density at radius 2 is 1.02 bits per heavy atom. The van der Waals surface area contributed by atoms with Crippen LogP contribution < -0.4 is 0 Å². The van der Waals surface area contributed by atoms with Crippen molar-refractivity contribution in [2.45, 2.75) is 158 Å². The molecule has 2 aliphatic rings. The molecule has 2 aliphatic heterocycles. The minimum atomic E-state index is -1.61. The van der Waals surface area contributed by atoms with Gasteiger partial charge in [-0.15, -0.1) is 0 Å². The smallest absolute Gasteiger partial charge is 0.184 e. The summed E-state index contributed by atoms with van der Waals surface area (Å²) in [4.78, 5) is 17.3. The van der Waals surface area contributed by atoms with Gasteiger partial charge in [0.25, 0.3) is 0 Å². The molecule has 3 N–H and O–H groups in total. The highest BCUT2D eigenvalue weighted by Crippen LogP contribution is 2.18. The highest BCUT2D eigenvalue weighted by Gasteiger charge is 2.27. The van der Waals surface area contributed by atoms with Gasteiger partial charge >= 0.3 is 0 Å². The number of ether oxygens (including phenoxy) is 2. The number of hydrogen-bond acceptors (Lipinski definition) is 7. The summed E-state index contributed by atoms with van der Waals surface area (Å²) in [6.07, 6.45) is 1.95. The van der Waals surface area contributed by atoms with E-state index in [-0.39, 0.29) is 12.2 Å². The highest BCUT2D eigenvalue weighted by atomic mass is 28.4. The molecule has 7 nitrogen and oxygen atoms in total. The van der Waals surface area contributed by atoms with E-state index in [1.54, 1.807) is 6.92 Å². The van der Waals surface area contributed by atoms with Crippen LogP contribution in [0.15, 0.2) is 0 Å². The predicted molar refractivity (Wildman–Crippen MR) is 185 cm³/mol. The summed E-state index contributed by atoms with van der Waals surface area (Å²) in [5.74, 6) is 1.57. The molecule has 0 amide bonds. The van der Waals surface area contributed by atoms with E-state index in [9.17, 15) is 0 Å². The molecule has 11 heteroatoms. The van der Waals surface area contributed by atoms with Crippen molar-refractivity contribution in [1.82, 2.24) is 0 Å². The molecule has 5 atom stereocenters. The number of epoxide rings is 1. The molecule has 2 saturated heterocycles. The third-order valence-corrected chi connectivity index (χ3v) is 6.65. The number of aliphatic hydroxyl groups is 1. The van der Waals surface area contributed by atoms with Crippen molar-refractivity contribution >= 4 is 33.3 Å². The lowest BCUT2D eigenvalue weighted by Crippen LogP contribution is -2.35. The van der Waals surface area contributed by atoms with Gasteiger partial charge in [0.1, 0.15) is 0 Å². The Kier molecular flexibility index (Phi) is 27.4. The Balaban J connectivity index is -0.000000201. The monoisotopic (exact) mass is 646 g/mol. The second-order valence-electron chi connectivity index (χ2n) is 15.1. The molecule has 0 spiro atoms. The molecule has 0 aliphatic carbocycles. The SMILES string of the molecule is CC(O)C(C)O[Si](C)(C)C.CC1COC1.CC1OC1C.CCC(C)CO[Si](C)(C)C.C[Si](C)(C)O.C[Si](C)(C)O. The third-order valence-electron chi connectivity index (χ3n) is 4.54. The largest absolute Gasteiger partial charge is 0.433 e. The van der Waals surface area contributed by atoms with E-state index >= 15 is 0 Å². The molecule has 0 saturated carbocycles. The van der Waals surface area contributed by atoms with E-state index in [2.05, 4.69) is 73.9 Å². The van der Waals surface area contributed by atoms with Gasteiger partial charge in [0.15, 0.2) is 33.3 Å². The van der Waals surface area contributed by atoms with Crippen LogP contribution in [0.25, 0.3) is 0 Å². The maximum atomic E-state index is 9.08. The van der Waals surface area contributed by atoms with Crippen LogP contribution in [-0.4, -0.2) is 92.2 Å². The zero-order chi connectivity index (χ0) is 33.1. The van der Waals surface area contributed by atoms with E-state index in [1.165, 1.54) is 6.42 Å². The minimum Gasteiger partial charge on any atom is -0.433 e. The van der Waals surface area contributed by atoms with Crippen molar-refractivity contribution in [3.05, 3.63) is 0 Å². The fourth-order valence-corrected chi connectivity index (χ4v) is 3.91. The molecule has 0 bridgehead atoms. The second-order valence-corrected chi connectivity index (χ2v) is 32.8. The quantitative estimate of drug-likeness (QED) is 0.194. The fraction of sp³-hybridized carbons (Fsp3) is 1.00. The van der Waals surface area contributed by atoms with Gasteiger partial charge in [0.05, 0.1) is 37.6 Å². The molecular weight excluding hydrogens is 573 g/mol. The molecule has 2 fully saturated rings. The maximum Gasteiger partial charge on any atom is 0.184 e. The highest BCUT2D eigenvalue weighted by molar-refractivity contribution is 6.70. The van der Waals surface area contributed by atoms with E-state index in [4.69, 9.17) is 33.0 Å². The normalized spacial score (nSPS) is 20.9. The maximum absolute atomic E-state index is 9.08. The standard InChI is InChI=1S/C8H20OSi.C7H18O2Si.2C4H8O.2C3H10OSi/c1-6-8(2)7-9-10(3,4)5;1-6(8)7(2)9-10(3,4)5;1-4-2-5-3-4;1-3-4(2)5-3;2*1-5(2,3)4/h8H,6-7H2,1-5H3;6-8H,1-5H3;4H,2-3H2,1H3;3-4H,1-2H3;2*4H,1-3H3. The number of rotatable bonds is 7. The van der Waals surface area contributed by atoms with Gasteiger partial charge in [0.2, 0.25) is 0 Å².